The lowest BCUT2D eigenvalue weighted by atomic mass is 9.94. The molecule has 0 radical (unpaired) electrons. The number of benzene rings is 1. The van der Waals surface area contributed by atoms with Crippen LogP contribution in [0.2, 0.25) is 0 Å². The molecule has 1 aromatic heterocycles. The lowest BCUT2D eigenvalue weighted by molar-refractivity contribution is -0.384. The Kier molecular flexibility index (Phi) is 5.32. The van der Waals surface area contributed by atoms with Crippen molar-refractivity contribution in [3.8, 4) is 12.3 Å². The van der Waals surface area contributed by atoms with Crippen LogP contribution in [-0.2, 0) is 4.74 Å². The third-order valence-electron chi connectivity index (χ3n) is 5.22. The number of nitro benzene ring substituents is 1. The summed E-state index contributed by atoms with van der Waals surface area (Å²) >= 11 is 0. The fourth-order valence-corrected chi connectivity index (χ4v) is 3.75. The third-order valence-corrected chi connectivity index (χ3v) is 5.22. The first-order valence-corrected chi connectivity index (χ1v) is 9.54. The van der Waals surface area contributed by atoms with E-state index in [1.807, 2.05) is 11.0 Å². The molecule has 6 N–H and O–H groups in total. The summed E-state index contributed by atoms with van der Waals surface area (Å²) in [5, 5.41) is 35.5. The first kappa shape index (κ1) is 20.6. The van der Waals surface area contributed by atoms with E-state index in [1.165, 1.54) is 6.07 Å². The zero-order chi connectivity index (χ0) is 22.8. The molecule has 2 aliphatic rings. The van der Waals surface area contributed by atoms with Gasteiger partial charge in [-0.1, -0.05) is 6.07 Å². The number of morpholine rings is 1. The van der Waals surface area contributed by atoms with Crippen LogP contribution in [0.1, 0.15) is 22.7 Å². The average molecular weight is 434 g/mol. The zero-order valence-corrected chi connectivity index (χ0v) is 16.7. The fourth-order valence-electron chi connectivity index (χ4n) is 3.75. The molecular formula is C19H18N10O3. The number of nitrogens with zero attached hydrogens (tertiary/aromatic N) is 6. The second kappa shape index (κ2) is 8.25. The van der Waals surface area contributed by atoms with Gasteiger partial charge in [-0.15, -0.1) is 0 Å². The Labute approximate surface area is 182 Å². The van der Waals surface area contributed by atoms with Gasteiger partial charge in [-0.2, -0.15) is 10.5 Å². The highest BCUT2D eigenvalue weighted by atomic mass is 16.6. The maximum atomic E-state index is 11.9. The second-order valence-electron chi connectivity index (χ2n) is 7.01. The van der Waals surface area contributed by atoms with Gasteiger partial charge in [0.15, 0.2) is 6.19 Å². The van der Waals surface area contributed by atoms with Crippen LogP contribution in [0.3, 0.4) is 0 Å². The number of aliphatic imine (C=N–C) groups is 1. The number of fused-ring (bicyclic) bond motifs is 1. The van der Waals surface area contributed by atoms with Gasteiger partial charge in [0.05, 0.1) is 23.8 Å². The predicted octanol–water partition coefficient (Wildman–Crippen LogP) is 0.804. The molecule has 1 fully saturated rings. The SMILES string of the molecule is N#CNC1=NC(c2ccc(N3CCOCC3)c([N+](=O)[O-])c2)c2c(nc(N)c(C#N)c2N)N1. The lowest BCUT2D eigenvalue weighted by Gasteiger charge is -2.29. The van der Waals surface area contributed by atoms with Crippen molar-refractivity contribution in [2.75, 3.05) is 48.0 Å². The summed E-state index contributed by atoms with van der Waals surface area (Å²) in [6, 6.07) is 5.83. The van der Waals surface area contributed by atoms with Crippen LogP contribution < -0.4 is 27.0 Å². The van der Waals surface area contributed by atoms with Crippen LogP contribution in [0.15, 0.2) is 23.2 Å². The van der Waals surface area contributed by atoms with Gasteiger partial charge in [-0.05, 0) is 11.6 Å². The normalized spacial score (nSPS) is 17.2. The minimum Gasteiger partial charge on any atom is -0.397 e. The van der Waals surface area contributed by atoms with E-state index in [0.29, 0.717) is 43.1 Å². The van der Waals surface area contributed by atoms with Crippen LogP contribution in [0.5, 0.6) is 0 Å². The topological polar surface area (TPSA) is 205 Å². The van der Waals surface area contributed by atoms with Gasteiger partial charge in [-0.25, -0.2) is 9.98 Å². The van der Waals surface area contributed by atoms with Gasteiger partial charge in [0.1, 0.15) is 35.0 Å². The van der Waals surface area contributed by atoms with Crippen molar-refractivity contribution < 1.29 is 9.66 Å². The number of nitrogen functional groups attached to an aromatic ring is 2. The molecular weight excluding hydrogens is 416 g/mol. The van der Waals surface area contributed by atoms with E-state index >= 15 is 0 Å². The minimum atomic E-state index is -0.861. The van der Waals surface area contributed by atoms with E-state index in [-0.39, 0.29) is 34.5 Å². The molecule has 1 aromatic carbocycles. The highest BCUT2D eigenvalue weighted by Gasteiger charge is 2.31. The van der Waals surface area contributed by atoms with Gasteiger partial charge < -0.3 is 26.4 Å². The fraction of sp³-hybridized carbons (Fsp3) is 0.263. The highest BCUT2D eigenvalue weighted by Crippen LogP contribution is 2.42. The lowest BCUT2D eigenvalue weighted by Crippen LogP contribution is -2.36. The van der Waals surface area contributed by atoms with Crippen LogP contribution in [0.25, 0.3) is 0 Å². The predicted molar refractivity (Wildman–Crippen MR) is 116 cm³/mol. The third kappa shape index (κ3) is 3.53. The number of hydrogen-bond donors (Lipinski definition) is 4. The number of pyridine rings is 1. The summed E-state index contributed by atoms with van der Waals surface area (Å²) in [7, 11) is 0. The van der Waals surface area contributed by atoms with Crippen LogP contribution >= 0.6 is 0 Å². The molecule has 2 aromatic rings. The van der Waals surface area contributed by atoms with Gasteiger partial charge in [0, 0.05) is 24.7 Å². The van der Waals surface area contributed by atoms with Crippen molar-refractivity contribution in [3.63, 3.8) is 0 Å². The van der Waals surface area contributed by atoms with Crippen molar-refractivity contribution in [2.24, 2.45) is 4.99 Å². The highest BCUT2D eigenvalue weighted by molar-refractivity contribution is 5.98. The molecule has 1 atom stereocenters. The quantitative estimate of drug-likeness (QED) is 0.230. The molecule has 13 heteroatoms. The van der Waals surface area contributed by atoms with Gasteiger partial charge >= 0.3 is 0 Å². The molecule has 1 saturated heterocycles. The zero-order valence-electron chi connectivity index (χ0n) is 16.7. The van der Waals surface area contributed by atoms with Crippen LogP contribution in [-0.4, -0.2) is 42.2 Å². The Bertz CT molecular complexity index is 1210. The molecule has 162 valence electrons. The van der Waals surface area contributed by atoms with Gasteiger partial charge in [0.2, 0.25) is 5.96 Å². The molecule has 0 spiro atoms. The molecule has 0 amide bonds. The van der Waals surface area contributed by atoms with Crippen LogP contribution in [0.4, 0.5) is 28.7 Å². The number of hydrogen-bond acceptors (Lipinski definition) is 12. The van der Waals surface area contributed by atoms with Crippen LogP contribution in [0, 0.1) is 32.9 Å². The summed E-state index contributed by atoms with van der Waals surface area (Å²) in [5.41, 5.74) is 13.3. The number of aromatic nitrogens is 1. The van der Waals surface area contributed by atoms with E-state index in [9.17, 15) is 15.4 Å². The van der Waals surface area contributed by atoms with E-state index < -0.39 is 11.0 Å². The molecule has 4 rings (SSSR count). The maximum Gasteiger partial charge on any atom is 0.292 e. The Morgan fingerprint density at radius 3 is 2.72 bits per heavy atom. The number of rotatable bonds is 3. The van der Waals surface area contributed by atoms with Crippen molar-refractivity contribution >= 4 is 34.7 Å². The largest absolute Gasteiger partial charge is 0.397 e. The van der Waals surface area contributed by atoms with E-state index in [2.05, 4.69) is 20.6 Å². The number of nitrogens with two attached hydrogens (primary N) is 2. The Morgan fingerprint density at radius 2 is 2.06 bits per heavy atom. The summed E-state index contributed by atoms with van der Waals surface area (Å²) < 4.78 is 5.33. The first-order chi connectivity index (χ1) is 15.4. The Balaban J connectivity index is 1.87. The summed E-state index contributed by atoms with van der Waals surface area (Å²) in [4.78, 5) is 21.9. The maximum absolute atomic E-state index is 11.9. The van der Waals surface area contributed by atoms with E-state index in [4.69, 9.17) is 21.5 Å². The second-order valence-corrected chi connectivity index (χ2v) is 7.01. The van der Waals surface area contributed by atoms with Gasteiger partial charge in [0.25, 0.3) is 5.69 Å². The Hall–Kier alpha value is -4.62. The number of nitriles is 2. The van der Waals surface area contributed by atoms with Crippen molar-refractivity contribution in [1.82, 2.24) is 10.3 Å². The number of ether oxygens (including phenoxy) is 1. The average Bonchev–Trinajstić information content (AvgIpc) is 2.79. The Morgan fingerprint density at radius 1 is 1.31 bits per heavy atom. The van der Waals surface area contributed by atoms with E-state index in [1.54, 1.807) is 18.3 Å². The van der Waals surface area contributed by atoms with Crippen molar-refractivity contribution in [2.45, 2.75) is 6.04 Å². The number of nitrogens with one attached hydrogen (secondary N) is 2. The molecule has 0 saturated carbocycles. The molecule has 0 bridgehead atoms. The van der Waals surface area contributed by atoms with Crippen molar-refractivity contribution in [1.29, 1.82) is 10.5 Å². The molecule has 13 nitrogen and oxygen atoms in total. The summed E-state index contributed by atoms with van der Waals surface area (Å²) in [6.07, 6.45) is 1.76. The first-order valence-electron chi connectivity index (χ1n) is 9.54. The van der Waals surface area contributed by atoms with E-state index in [0.717, 1.165) is 0 Å². The minimum absolute atomic E-state index is 0.0121. The standard InChI is InChI=1S/C19H18N10O3/c20-8-11-15(22)14-16(25-19(24-9-21)27-18(14)26-17(11)23)10-1-2-12(13(7-10)29(30)31)28-3-5-32-6-4-28/h1-2,7,16H,3-6H2,(H6,22,23,24,25,26,27). The van der Waals surface area contributed by atoms with Gasteiger partial charge in [-0.3, -0.25) is 15.4 Å². The summed E-state index contributed by atoms with van der Waals surface area (Å²) in [5.74, 6) is 0.194. The molecule has 1 unspecified atom stereocenters. The summed E-state index contributed by atoms with van der Waals surface area (Å²) in [6.45, 7) is 2.03. The smallest absolute Gasteiger partial charge is 0.292 e. The number of guanidine groups is 1. The number of anilines is 4. The number of nitro groups is 1. The monoisotopic (exact) mass is 434 g/mol. The molecule has 0 aliphatic carbocycles. The molecule has 32 heavy (non-hydrogen) atoms. The van der Waals surface area contributed by atoms with Crippen molar-refractivity contribution in [3.05, 3.63) is 45.0 Å². The molecule has 2 aliphatic heterocycles. The molecule has 3 heterocycles.